The molecule has 0 radical (unpaired) electrons. The monoisotopic (exact) mass is 439 g/mol. The van der Waals surface area contributed by atoms with Crippen LogP contribution in [0.2, 0.25) is 5.02 Å². The summed E-state index contributed by atoms with van der Waals surface area (Å²) in [5, 5.41) is 9.26. The Balaban J connectivity index is 1.27. The molecule has 0 unspecified atom stereocenters. The van der Waals surface area contributed by atoms with Gasteiger partial charge in [0, 0.05) is 43.9 Å². The predicted molar refractivity (Wildman–Crippen MR) is 127 cm³/mol. The Morgan fingerprint density at radius 2 is 1.87 bits per heavy atom. The number of nitrogens with zero attached hydrogens (tertiary/aromatic N) is 4. The molecule has 1 aliphatic rings. The highest BCUT2D eigenvalue weighted by Gasteiger charge is 2.19. The normalized spacial score (nSPS) is 14.7. The molecule has 0 atom stereocenters. The largest absolute Gasteiger partial charge is 0.346 e. The fourth-order valence-electron chi connectivity index (χ4n) is 3.68. The summed E-state index contributed by atoms with van der Waals surface area (Å²) in [4.78, 5) is 4.72. The van der Waals surface area contributed by atoms with E-state index in [-0.39, 0.29) is 0 Å². The minimum atomic E-state index is 0.673. The van der Waals surface area contributed by atoms with Gasteiger partial charge in [-0.15, -0.1) is 0 Å². The van der Waals surface area contributed by atoms with E-state index in [1.807, 2.05) is 41.3 Å². The van der Waals surface area contributed by atoms with Crippen molar-refractivity contribution < 1.29 is 0 Å². The molecule has 5 nitrogen and oxygen atoms in total. The molecule has 0 bridgehead atoms. The lowest BCUT2D eigenvalue weighted by molar-refractivity contribution is 0.176. The summed E-state index contributed by atoms with van der Waals surface area (Å²) in [6.07, 6.45) is 3.78. The number of benzene rings is 2. The maximum absolute atomic E-state index is 6.07. The molecule has 7 heteroatoms. The van der Waals surface area contributed by atoms with Crippen LogP contribution in [0.15, 0.2) is 60.9 Å². The second kappa shape index (κ2) is 9.60. The van der Waals surface area contributed by atoms with E-state index < -0.39 is 0 Å². The molecule has 156 valence electrons. The third-order valence-corrected chi connectivity index (χ3v) is 6.03. The number of rotatable bonds is 5. The van der Waals surface area contributed by atoms with E-state index in [4.69, 9.17) is 23.8 Å². The second-order valence-electron chi connectivity index (χ2n) is 7.68. The Morgan fingerprint density at radius 1 is 1.07 bits per heavy atom. The molecule has 1 aromatic heterocycles. The molecule has 30 heavy (non-hydrogen) atoms. The van der Waals surface area contributed by atoms with Gasteiger partial charge in [-0.1, -0.05) is 48.0 Å². The third-order valence-electron chi connectivity index (χ3n) is 5.43. The van der Waals surface area contributed by atoms with Crippen molar-refractivity contribution in [3.63, 3.8) is 0 Å². The van der Waals surface area contributed by atoms with Crippen LogP contribution in [-0.2, 0) is 13.1 Å². The van der Waals surface area contributed by atoms with Gasteiger partial charge in [0.2, 0.25) is 0 Å². The summed E-state index contributed by atoms with van der Waals surface area (Å²) in [6, 6.07) is 16.4. The molecule has 0 spiro atoms. The molecule has 3 aromatic rings. The Morgan fingerprint density at radius 3 is 2.63 bits per heavy atom. The summed E-state index contributed by atoms with van der Waals surface area (Å²) < 4.78 is 1.89. The number of hydrogen-bond acceptors (Lipinski definition) is 3. The lowest BCUT2D eigenvalue weighted by Crippen LogP contribution is -2.49. The third kappa shape index (κ3) is 5.39. The molecule has 1 saturated heterocycles. The molecule has 2 aromatic carbocycles. The van der Waals surface area contributed by atoms with Crippen LogP contribution < -0.4 is 5.32 Å². The molecule has 0 amide bonds. The molecule has 0 aliphatic carbocycles. The van der Waals surface area contributed by atoms with Crippen LogP contribution in [0.3, 0.4) is 0 Å². The average Bonchev–Trinajstić information content (AvgIpc) is 3.17. The van der Waals surface area contributed by atoms with Crippen LogP contribution in [0.25, 0.3) is 0 Å². The van der Waals surface area contributed by atoms with E-state index in [0.29, 0.717) is 6.54 Å². The fraction of sp³-hybridized carbons (Fsp3) is 0.304. The molecule has 1 N–H and O–H groups in total. The Hall–Kier alpha value is -2.41. The van der Waals surface area contributed by atoms with E-state index in [1.54, 1.807) is 0 Å². The second-order valence-corrected chi connectivity index (χ2v) is 8.50. The van der Waals surface area contributed by atoms with Crippen molar-refractivity contribution in [3.8, 4) is 0 Å². The summed E-state index contributed by atoms with van der Waals surface area (Å²) in [7, 11) is 0. The first-order valence-electron chi connectivity index (χ1n) is 10.2. The van der Waals surface area contributed by atoms with Crippen molar-refractivity contribution in [2.75, 3.05) is 31.5 Å². The zero-order valence-electron chi connectivity index (χ0n) is 17.1. The SMILES string of the molecule is Cc1ccccc1CN1CCN(C(=S)Nc2cnn(Cc3cccc(Cl)c3)c2)CC1. The van der Waals surface area contributed by atoms with Crippen molar-refractivity contribution in [3.05, 3.63) is 82.6 Å². The van der Waals surface area contributed by atoms with Gasteiger partial charge in [0.25, 0.3) is 0 Å². The van der Waals surface area contributed by atoms with E-state index in [0.717, 1.165) is 54.1 Å². The summed E-state index contributed by atoms with van der Waals surface area (Å²) in [6.45, 7) is 7.71. The Kier molecular flexibility index (Phi) is 6.67. The molecule has 2 heterocycles. The first kappa shape index (κ1) is 20.8. The summed E-state index contributed by atoms with van der Waals surface area (Å²) >= 11 is 11.7. The number of halogens is 1. The van der Waals surface area contributed by atoms with Crippen molar-refractivity contribution in [1.82, 2.24) is 19.6 Å². The van der Waals surface area contributed by atoms with Gasteiger partial charge in [-0.25, -0.2) is 0 Å². The minimum absolute atomic E-state index is 0.673. The minimum Gasteiger partial charge on any atom is -0.346 e. The van der Waals surface area contributed by atoms with Gasteiger partial charge in [0.15, 0.2) is 5.11 Å². The van der Waals surface area contributed by atoms with Gasteiger partial charge in [-0.05, 0) is 48.0 Å². The lowest BCUT2D eigenvalue weighted by atomic mass is 10.1. The number of aromatic nitrogens is 2. The Labute approximate surface area is 188 Å². The number of nitrogens with one attached hydrogen (secondary N) is 1. The van der Waals surface area contributed by atoms with E-state index in [1.165, 1.54) is 11.1 Å². The predicted octanol–water partition coefficient (Wildman–Crippen LogP) is 4.41. The Bertz CT molecular complexity index is 1010. The van der Waals surface area contributed by atoms with Gasteiger partial charge in [-0.3, -0.25) is 9.58 Å². The van der Waals surface area contributed by atoms with E-state index in [9.17, 15) is 0 Å². The number of aryl methyl sites for hydroxylation is 1. The summed E-state index contributed by atoms with van der Waals surface area (Å²) in [5.41, 5.74) is 4.78. The smallest absolute Gasteiger partial charge is 0.173 e. The molecule has 1 aliphatic heterocycles. The van der Waals surface area contributed by atoms with Crippen LogP contribution in [0, 0.1) is 6.92 Å². The first-order valence-corrected chi connectivity index (χ1v) is 10.9. The average molecular weight is 440 g/mol. The van der Waals surface area contributed by atoms with Gasteiger partial charge >= 0.3 is 0 Å². The van der Waals surface area contributed by atoms with Crippen molar-refractivity contribution >= 4 is 34.6 Å². The molecule has 4 rings (SSSR count). The number of piperazine rings is 1. The van der Waals surface area contributed by atoms with Gasteiger partial charge in [0.1, 0.15) is 0 Å². The zero-order chi connectivity index (χ0) is 20.9. The first-order chi connectivity index (χ1) is 14.6. The number of thiocarbonyl (C=S) groups is 1. The number of hydrogen-bond donors (Lipinski definition) is 1. The maximum atomic E-state index is 6.07. The quantitative estimate of drug-likeness (QED) is 0.596. The maximum Gasteiger partial charge on any atom is 0.173 e. The van der Waals surface area contributed by atoms with Crippen LogP contribution in [0.5, 0.6) is 0 Å². The van der Waals surface area contributed by atoms with Crippen molar-refractivity contribution in [2.45, 2.75) is 20.0 Å². The van der Waals surface area contributed by atoms with E-state index in [2.05, 4.69) is 51.4 Å². The van der Waals surface area contributed by atoms with E-state index >= 15 is 0 Å². The fourth-order valence-corrected chi connectivity index (χ4v) is 4.19. The van der Waals surface area contributed by atoms with Crippen LogP contribution >= 0.6 is 23.8 Å². The van der Waals surface area contributed by atoms with Crippen LogP contribution in [-0.4, -0.2) is 50.9 Å². The number of anilines is 1. The summed E-state index contributed by atoms with van der Waals surface area (Å²) in [5.74, 6) is 0. The van der Waals surface area contributed by atoms with Crippen molar-refractivity contribution in [2.24, 2.45) is 0 Å². The van der Waals surface area contributed by atoms with Crippen LogP contribution in [0.4, 0.5) is 5.69 Å². The van der Waals surface area contributed by atoms with Gasteiger partial charge in [-0.2, -0.15) is 5.10 Å². The molecular weight excluding hydrogens is 414 g/mol. The van der Waals surface area contributed by atoms with Gasteiger partial charge in [0.05, 0.1) is 18.4 Å². The topological polar surface area (TPSA) is 36.3 Å². The molecule has 1 fully saturated rings. The lowest BCUT2D eigenvalue weighted by Gasteiger charge is -2.36. The van der Waals surface area contributed by atoms with Crippen LogP contribution in [0.1, 0.15) is 16.7 Å². The highest BCUT2D eigenvalue weighted by molar-refractivity contribution is 7.80. The molecular formula is C23H26ClN5S. The highest BCUT2D eigenvalue weighted by atomic mass is 35.5. The zero-order valence-corrected chi connectivity index (χ0v) is 18.7. The van der Waals surface area contributed by atoms with Gasteiger partial charge < -0.3 is 10.2 Å². The highest BCUT2D eigenvalue weighted by Crippen LogP contribution is 2.15. The molecule has 0 saturated carbocycles. The standard InChI is InChI=1S/C23H26ClN5S/c1-18-5-2-3-7-20(18)16-27-9-11-28(12-10-27)23(30)26-22-14-25-29(17-22)15-19-6-4-8-21(24)13-19/h2-8,13-14,17H,9-12,15-16H2,1H3,(H,26,30). The van der Waals surface area contributed by atoms with Crippen molar-refractivity contribution in [1.29, 1.82) is 0 Å².